The molecule has 0 saturated carbocycles. The number of hydrogen-bond donors (Lipinski definition) is 1. The first kappa shape index (κ1) is 23.8. The Morgan fingerprint density at radius 1 is 1.03 bits per heavy atom. The predicted octanol–water partition coefficient (Wildman–Crippen LogP) is 6.25. The molecule has 1 aromatic heterocycles. The van der Waals surface area contributed by atoms with Gasteiger partial charge in [0, 0.05) is 19.5 Å². The SMILES string of the molecule is CC(C)c1ccc(OCCCn2c(CCNC(=O)c3ccccc3Cl)nc3ccccc32)cc1. The van der Waals surface area contributed by atoms with Gasteiger partial charge in [-0.25, -0.2) is 4.98 Å². The molecule has 176 valence electrons. The normalized spacial score (nSPS) is 11.2. The third-order valence-corrected chi connectivity index (χ3v) is 6.16. The number of nitrogens with one attached hydrogen (secondary N) is 1. The van der Waals surface area contributed by atoms with Crippen LogP contribution in [0.25, 0.3) is 11.0 Å². The van der Waals surface area contributed by atoms with Crippen LogP contribution < -0.4 is 10.1 Å². The van der Waals surface area contributed by atoms with Crippen molar-refractivity contribution in [2.75, 3.05) is 13.2 Å². The lowest BCUT2D eigenvalue weighted by molar-refractivity contribution is 0.0954. The molecule has 0 unspecified atom stereocenters. The highest BCUT2D eigenvalue weighted by atomic mass is 35.5. The monoisotopic (exact) mass is 475 g/mol. The minimum absolute atomic E-state index is 0.176. The van der Waals surface area contributed by atoms with E-state index in [-0.39, 0.29) is 5.91 Å². The van der Waals surface area contributed by atoms with Gasteiger partial charge < -0.3 is 14.6 Å². The van der Waals surface area contributed by atoms with E-state index in [0.29, 0.717) is 36.1 Å². The lowest BCUT2D eigenvalue weighted by Crippen LogP contribution is -2.26. The van der Waals surface area contributed by atoms with Crippen LogP contribution in [0.1, 0.15) is 47.9 Å². The molecule has 4 rings (SSSR count). The number of aryl methyl sites for hydroxylation is 1. The molecule has 1 heterocycles. The van der Waals surface area contributed by atoms with E-state index in [9.17, 15) is 4.79 Å². The number of hydrogen-bond acceptors (Lipinski definition) is 3. The first-order chi connectivity index (χ1) is 16.5. The molecule has 0 fully saturated rings. The summed E-state index contributed by atoms with van der Waals surface area (Å²) in [5.74, 6) is 2.17. The van der Waals surface area contributed by atoms with Gasteiger partial charge in [0.05, 0.1) is 28.2 Å². The third-order valence-electron chi connectivity index (χ3n) is 5.83. The molecule has 0 aliphatic heterocycles. The summed E-state index contributed by atoms with van der Waals surface area (Å²) in [7, 11) is 0. The zero-order valence-electron chi connectivity index (χ0n) is 19.6. The van der Waals surface area contributed by atoms with Crippen LogP contribution in [-0.4, -0.2) is 28.6 Å². The van der Waals surface area contributed by atoms with E-state index in [4.69, 9.17) is 21.3 Å². The van der Waals surface area contributed by atoms with Crippen molar-refractivity contribution < 1.29 is 9.53 Å². The van der Waals surface area contributed by atoms with E-state index < -0.39 is 0 Å². The number of para-hydroxylation sites is 2. The standard InChI is InChI=1S/C28H30ClN3O2/c1-20(2)21-12-14-22(15-13-21)34-19-7-18-32-26-11-6-5-10-25(26)31-27(32)16-17-30-28(33)23-8-3-4-9-24(23)29/h3-6,8-15,20H,7,16-19H2,1-2H3,(H,30,33). The Bertz CT molecular complexity index is 1250. The number of halogens is 1. The number of nitrogens with zero attached hydrogens (tertiary/aromatic N) is 2. The quantitative estimate of drug-likeness (QED) is 0.275. The summed E-state index contributed by atoms with van der Waals surface area (Å²) in [6.45, 7) is 6.26. The average molecular weight is 476 g/mol. The minimum Gasteiger partial charge on any atom is -0.494 e. The fraction of sp³-hybridized carbons (Fsp3) is 0.286. The molecule has 1 N–H and O–H groups in total. The lowest BCUT2D eigenvalue weighted by Gasteiger charge is -2.12. The van der Waals surface area contributed by atoms with Crippen LogP contribution in [0.4, 0.5) is 0 Å². The van der Waals surface area contributed by atoms with Crippen molar-refractivity contribution in [2.24, 2.45) is 0 Å². The Labute approximate surface area is 205 Å². The molecule has 0 saturated heterocycles. The summed E-state index contributed by atoms with van der Waals surface area (Å²) < 4.78 is 8.18. The number of fused-ring (bicyclic) bond motifs is 1. The molecule has 1 amide bonds. The van der Waals surface area contributed by atoms with Crippen LogP contribution in [0, 0.1) is 0 Å². The first-order valence-electron chi connectivity index (χ1n) is 11.7. The Kier molecular flexibility index (Phi) is 7.86. The summed E-state index contributed by atoms with van der Waals surface area (Å²) in [6.07, 6.45) is 1.48. The molecule has 4 aromatic rings. The van der Waals surface area contributed by atoms with Crippen molar-refractivity contribution in [3.05, 3.63) is 94.8 Å². The number of carbonyl (C=O) groups is 1. The minimum atomic E-state index is -0.176. The molecular formula is C28H30ClN3O2. The first-order valence-corrected chi connectivity index (χ1v) is 12.1. The zero-order valence-corrected chi connectivity index (χ0v) is 20.4. The van der Waals surface area contributed by atoms with Crippen molar-refractivity contribution >= 4 is 28.5 Å². The van der Waals surface area contributed by atoms with Gasteiger partial charge in [0.2, 0.25) is 0 Å². The van der Waals surface area contributed by atoms with Gasteiger partial charge >= 0.3 is 0 Å². The number of imidazole rings is 1. The van der Waals surface area contributed by atoms with Gasteiger partial charge in [-0.15, -0.1) is 0 Å². The maximum Gasteiger partial charge on any atom is 0.252 e. The zero-order chi connectivity index (χ0) is 23.9. The van der Waals surface area contributed by atoms with E-state index in [1.807, 2.05) is 36.4 Å². The molecule has 0 radical (unpaired) electrons. The maximum atomic E-state index is 12.5. The topological polar surface area (TPSA) is 56.1 Å². The molecule has 0 bridgehead atoms. The molecule has 34 heavy (non-hydrogen) atoms. The molecule has 0 atom stereocenters. The number of rotatable bonds is 10. The Balaban J connectivity index is 1.36. The van der Waals surface area contributed by atoms with Gasteiger partial charge in [-0.1, -0.05) is 61.8 Å². The fourth-order valence-electron chi connectivity index (χ4n) is 3.96. The Morgan fingerprint density at radius 3 is 2.53 bits per heavy atom. The van der Waals surface area contributed by atoms with Crippen LogP contribution in [0.5, 0.6) is 5.75 Å². The summed E-state index contributed by atoms with van der Waals surface area (Å²) in [4.78, 5) is 17.3. The summed E-state index contributed by atoms with van der Waals surface area (Å²) in [6, 6.07) is 23.5. The lowest BCUT2D eigenvalue weighted by atomic mass is 10.0. The second kappa shape index (κ2) is 11.2. The fourth-order valence-corrected chi connectivity index (χ4v) is 4.18. The molecule has 0 spiro atoms. The van der Waals surface area contributed by atoms with E-state index in [2.05, 4.69) is 41.9 Å². The van der Waals surface area contributed by atoms with Crippen LogP contribution in [0.15, 0.2) is 72.8 Å². The molecule has 6 heteroatoms. The summed E-state index contributed by atoms with van der Waals surface area (Å²) in [5.41, 5.74) is 3.84. The second-order valence-electron chi connectivity index (χ2n) is 8.58. The number of carbonyl (C=O) groups excluding carboxylic acids is 1. The van der Waals surface area contributed by atoms with Crippen LogP contribution in [0.3, 0.4) is 0 Å². The van der Waals surface area contributed by atoms with E-state index in [0.717, 1.165) is 35.6 Å². The van der Waals surface area contributed by atoms with Gasteiger partial charge in [-0.3, -0.25) is 4.79 Å². The largest absolute Gasteiger partial charge is 0.494 e. The maximum absolute atomic E-state index is 12.5. The molecule has 5 nitrogen and oxygen atoms in total. The van der Waals surface area contributed by atoms with Crippen LogP contribution in [0.2, 0.25) is 5.02 Å². The number of amides is 1. The van der Waals surface area contributed by atoms with Crippen molar-refractivity contribution in [3.63, 3.8) is 0 Å². The number of aromatic nitrogens is 2. The number of ether oxygens (including phenoxy) is 1. The highest BCUT2D eigenvalue weighted by Gasteiger charge is 2.13. The van der Waals surface area contributed by atoms with Crippen LogP contribution >= 0.6 is 11.6 Å². The van der Waals surface area contributed by atoms with Gasteiger partial charge in [0.25, 0.3) is 5.91 Å². The highest BCUT2D eigenvalue weighted by molar-refractivity contribution is 6.33. The van der Waals surface area contributed by atoms with Gasteiger partial charge in [0.1, 0.15) is 11.6 Å². The third kappa shape index (κ3) is 5.78. The van der Waals surface area contributed by atoms with Crippen molar-refractivity contribution in [1.82, 2.24) is 14.9 Å². The summed E-state index contributed by atoms with van der Waals surface area (Å²) >= 11 is 6.14. The smallest absolute Gasteiger partial charge is 0.252 e. The van der Waals surface area contributed by atoms with Gasteiger partial charge in [-0.05, 0) is 54.3 Å². The van der Waals surface area contributed by atoms with E-state index in [1.165, 1.54) is 5.56 Å². The molecular weight excluding hydrogens is 446 g/mol. The number of benzene rings is 3. The van der Waals surface area contributed by atoms with E-state index >= 15 is 0 Å². The van der Waals surface area contributed by atoms with Gasteiger partial charge in [0.15, 0.2) is 0 Å². The second-order valence-corrected chi connectivity index (χ2v) is 8.99. The summed E-state index contributed by atoms with van der Waals surface area (Å²) in [5, 5.41) is 3.41. The molecule has 0 aliphatic rings. The molecule has 0 aliphatic carbocycles. The van der Waals surface area contributed by atoms with Crippen molar-refractivity contribution in [3.8, 4) is 5.75 Å². The Morgan fingerprint density at radius 2 is 1.76 bits per heavy atom. The van der Waals surface area contributed by atoms with Crippen LogP contribution in [-0.2, 0) is 13.0 Å². The Hall–Kier alpha value is -3.31. The van der Waals surface area contributed by atoms with Crippen molar-refractivity contribution in [2.45, 2.75) is 39.2 Å². The predicted molar refractivity (Wildman–Crippen MR) is 138 cm³/mol. The average Bonchev–Trinajstić information content (AvgIpc) is 3.19. The van der Waals surface area contributed by atoms with Gasteiger partial charge in [-0.2, -0.15) is 0 Å². The van der Waals surface area contributed by atoms with E-state index in [1.54, 1.807) is 18.2 Å². The molecule has 3 aromatic carbocycles. The van der Waals surface area contributed by atoms with Crippen molar-refractivity contribution in [1.29, 1.82) is 0 Å². The highest BCUT2D eigenvalue weighted by Crippen LogP contribution is 2.20.